The lowest BCUT2D eigenvalue weighted by molar-refractivity contribution is 0.166. The van der Waals surface area contributed by atoms with Crippen molar-refractivity contribution in [2.24, 2.45) is 0 Å². The number of fused-ring (bicyclic) bond motifs is 1. The van der Waals surface area contributed by atoms with Gasteiger partial charge in [-0.3, -0.25) is 0 Å². The molecule has 0 amide bonds. The van der Waals surface area contributed by atoms with Gasteiger partial charge in [-0.15, -0.1) is 0 Å². The van der Waals surface area contributed by atoms with E-state index in [0.29, 0.717) is 13.4 Å². The highest BCUT2D eigenvalue weighted by molar-refractivity contribution is 5.44. The quantitative estimate of drug-likeness (QED) is 0.886. The SMILES string of the molecule is COCC(NCc1ccc2c(c1)OCO2)c1ccccc1. The lowest BCUT2D eigenvalue weighted by atomic mass is 10.1. The van der Waals surface area contributed by atoms with Crippen molar-refractivity contribution in [3.63, 3.8) is 0 Å². The van der Waals surface area contributed by atoms with Gasteiger partial charge in [0.05, 0.1) is 12.6 Å². The van der Waals surface area contributed by atoms with Crippen molar-refractivity contribution < 1.29 is 14.2 Å². The third-order valence-electron chi connectivity index (χ3n) is 3.52. The lowest BCUT2D eigenvalue weighted by Gasteiger charge is -2.18. The molecule has 0 aliphatic carbocycles. The lowest BCUT2D eigenvalue weighted by Crippen LogP contribution is -2.24. The molecule has 110 valence electrons. The van der Waals surface area contributed by atoms with E-state index in [1.807, 2.05) is 30.3 Å². The highest BCUT2D eigenvalue weighted by Gasteiger charge is 2.14. The summed E-state index contributed by atoms with van der Waals surface area (Å²) in [6.07, 6.45) is 0. The summed E-state index contributed by atoms with van der Waals surface area (Å²) in [4.78, 5) is 0. The zero-order chi connectivity index (χ0) is 14.5. The van der Waals surface area contributed by atoms with E-state index in [4.69, 9.17) is 14.2 Å². The van der Waals surface area contributed by atoms with Crippen molar-refractivity contribution in [3.8, 4) is 11.5 Å². The monoisotopic (exact) mass is 285 g/mol. The molecule has 4 nitrogen and oxygen atoms in total. The topological polar surface area (TPSA) is 39.7 Å². The minimum absolute atomic E-state index is 0.168. The van der Waals surface area contributed by atoms with Crippen LogP contribution < -0.4 is 14.8 Å². The Hall–Kier alpha value is -2.04. The van der Waals surface area contributed by atoms with Gasteiger partial charge < -0.3 is 19.5 Å². The Morgan fingerprint density at radius 1 is 1.10 bits per heavy atom. The van der Waals surface area contributed by atoms with Crippen LogP contribution in [0.3, 0.4) is 0 Å². The normalized spacial score (nSPS) is 14.1. The molecule has 0 aromatic heterocycles. The van der Waals surface area contributed by atoms with Crippen LogP contribution >= 0.6 is 0 Å². The van der Waals surface area contributed by atoms with Crippen molar-refractivity contribution in [2.75, 3.05) is 20.5 Å². The predicted molar refractivity (Wildman–Crippen MR) is 80.5 cm³/mol. The van der Waals surface area contributed by atoms with Crippen LogP contribution in [0.2, 0.25) is 0 Å². The number of ether oxygens (including phenoxy) is 3. The average Bonchev–Trinajstić information content (AvgIpc) is 3.00. The van der Waals surface area contributed by atoms with Gasteiger partial charge in [-0.05, 0) is 23.3 Å². The Kier molecular flexibility index (Phi) is 4.38. The molecule has 0 radical (unpaired) electrons. The van der Waals surface area contributed by atoms with Gasteiger partial charge in [-0.1, -0.05) is 36.4 Å². The second kappa shape index (κ2) is 6.61. The summed E-state index contributed by atoms with van der Waals surface area (Å²) in [5.74, 6) is 1.63. The molecule has 2 aromatic carbocycles. The molecule has 0 saturated carbocycles. The smallest absolute Gasteiger partial charge is 0.231 e. The first kappa shape index (κ1) is 13.9. The second-order valence-electron chi connectivity index (χ2n) is 4.99. The third kappa shape index (κ3) is 3.35. The largest absolute Gasteiger partial charge is 0.454 e. The summed E-state index contributed by atoms with van der Waals surface area (Å²) in [5, 5.41) is 3.52. The number of rotatable bonds is 6. The molecule has 4 heteroatoms. The number of benzene rings is 2. The summed E-state index contributed by atoms with van der Waals surface area (Å²) in [7, 11) is 1.72. The van der Waals surface area contributed by atoms with Crippen molar-refractivity contribution >= 4 is 0 Å². The number of nitrogens with one attached hydrogen (secondary N) is 1. The van der Waals surface area contributed by atoms with Crippen LogP contribution in [-0.4, -0.2) is 20.5 Å². The molecule has 1 heterocycles. The molecule has 1 aliphatic heterocycles. The molecule has 3 rings (SSSR count). The maximum absolute atomic E-state index is 5.40. The van der Waals surface area contributed by atoms with E-state index in [2.05, 4.69) is 23.5 Å². The minimum atomic E-state index is 0.168. The maximum atomic E-state index is 5.40. The van der Waals surface area contributed by atoms with Crippen LogP contribution in [-0.2, 0) is 11.3 Å². The van der Waals surface area contributed by atoms with Crippen LogP contribution in [0.15, 0.2) is 48.5 Å². The second-order valence-corrected chi connectivity index (χ2v) is 4.99. The molecule has 1 N–H and O–H groups in total. The first-order chi connectivity index (χ1) is 10.4. The van der Waals surface area contributed by atoms with E-state index in [1.54, 1.807) is 7.11 Å². The molecule has 0 bridgehead atoms. The van der Waals surface area contributed by atoms with Crippen molar-refractivity contribution in [3.05, 3.63) is 59.7 Å². The van der Waals surface area contributed by atoms with Gasteiger partial charge >= 0.3 is 0 Å². The summed E-state index contributed by atoms with van der Waals surface area (Å²) in [6.45, 7) is 1.69. The van der Waals surface area contributed by atoms with Gasteiger partial charge in [0.1, 0.15) is 0 Å². The Morgan fingerprint density at radius 3 is 2.71 bits per heavy atom. The standard InChI is InChI=1S/C17H19NO3/c1-19-11-15(14-5-3-2-4-6-14)18-10-13-7-8-16-17(9-13)21-12-20-16/h2-9,15,18H,10-12H2,1H3. The maximum Gasteiger partial charge on any atom is 0.231 e. The van der Waals surface area contributed by atoms with Crippen LogP contribution in [0.4, 0.5) is 0 Å². The predicted octanol–water partition coefficient (Wildman–Crippen LogP) is 2.89. The average molecular weight is 285 g/mol. The molecular formula is C17H19NO3. The van der Waals surface area contributed by atoms with E-state index in [0.717, 1.165) is 23.6 Å². The van der Waals surface area contributed by atoms with Crippen LogP contribution in [0, 0.1) is 0 Å². The number of hydrogen-bond acceptors (Lipinski definition) is 4. The van der Waals surface area contributed by atoms with Crippen LogP contribution in [0.25, 0.3) is 0 Å². The fourth-order valence-electron chi connectivity index (χ4n) is 2.42. The number of methoxy groups -OCH3 is 1. The Morgan fingerprint density at radius 2 is 1.90 bits per heavy atom. The van der Waals surface area contributed by atoms with E-state index in [-0.39, 0.29) is 6.04 Å². The van der Waals surface area contributed by atoms with Crippen molar-refractivity contribution in [1.82, 2.24) is 5.32 Å². The zero-order valence-electron chi connectivity index (χ0n) is 12.0. The van der Waals surface area contributed by atoms with E-state index in [1.165, 1.54) is 5.56 Å². The summed E-state index contributed by atoms with van der Waals surface area (Å²) in [6, 6.07) is 16.5. The van der Waals surface area contributed by atoms with Gasteiger partial charge in [0.15, 0.2) is 11.5 Å². The minimum Gasteiger partial charge on any atom is -0.454 e. The first-order valence-corrected chi connectivity index (χ1v) is 7.02. The Bertz CT molecular complexity index is 586. The summed E-state index contributed by atoms with van der Waals surface area (Å²) in [5.41, 5.74) is 2.39. The molecule has 0 spiro atoms. The molecule has 21 heavy (non-hydrogen) atoms. The highest BCUT2D eigenvalue weighted by atomic mass is 16.7. The molecule has 2 aromatic rings. The van der Waals surface area contributed by atoms with Gasteiger partial charge in [0.2, 0.25) is 6.79 Å². The van der Waals surface area contributed by atoms with Gasteiger partial charge in [-0.25, -0.2) is 0 Å². The fraction of sp³-hybridized carbons (Fsp3) is 0.294. The molecular weight excluding hydrogens is 266 g/mol. The van der Waals surface area contributed by atoms with E-state index < -0.39 is 0 Å². The van der Waals surface area contributed by atoms with E-state index >= 15 is 0 Å². The molecule has 1 aliphatic rings. The Balaban J connectivity index is 1.67. The van der Waals surface area contributed by atoms with Crippen molar-refractivity contribution in [2.45, 2.75) is 12.6 Å². The Labute approximate surface area is 124 Å². The first-order valence-electron chi connectivity index (χ1n) is 7.02. The van der Waals surface area contributed by atoms with Crippen LogP contribution in [0.1, 0.15) is 17.2 Å². The highest BCUT2D eigenvalue weighted by Crippen LogP contribution is 2.32. The summed E-state index contributed by atoms with van der Waals surface area (Å²) >= 11 is 0. The van der Waals surface area contributed by atoms with Gasteiger partial charge in [-0.2, -0.15) is 0 Å². The molecule has 0 saturated heterocycles. The molecule has 0 fully saturated rings. The zero-order valence-corrected chi connectivity index (χ0v) is 12.0. The van der Waals surface area contributed by atoms with Gasteiger partial charge in [0, 0.05) is 13.7 Å². The third-order valence-corrected chi connectivity index (χ3v) is 3.52. The molecule has 1 unspecified atom stereocenters. The van der Waals surface area contributed by atoms with E-state index in [9.17, 15) is 0 Å². The van der Waals surface area contributed by atoms with Gasteiger partial charge in [0.25, 0.3) is 0 Å². The van der Waals surface area contributed by atoms with Crippen LogP contribution in [0.5, 0.6) is 11.5 Å². The fourth-order valence-corrected chi connectivity index (χ4v) is 2.42. The molecule has 1 atom stereocenters. The summed E-state index contributed by atoms with van der Waals surface area (Å²) < 4.78 is 16.0. The van der Waals surface area contributed by atoms with Crippen molar-refractivity contribution in [1.29, 1.82) is 0 Å². The number of hydrogen-bond donors (Lipinski definition) is 1.